The smallest absolute Gasteiger partial charge is 0.324 e. The number of carbonyl (C=O) groups is 3. The number of benzene rings is 3. The highest BCUT2D eigenvalue weighted by molar-refractivity contribution is 9.10. The topological polar surface area (TPSA) is 88.5 Å². The van der Waals surface area contributed by atoms with E-state index in [1.165, 1.54) is 10.6 Å². The Morgan fingerprint density at radius 3 is 2.44 bits per heavy atom. The maximum Gasteiger partial charge on any atom is 0.416 e. The Labute approximate surface area is 259 Å². The maximum absolute atomic E-state index is 13.9. The first kappa shape index (κ1) is 29.4. The minimum absolute atomic E-state index is 0.175. The van der Waals surface area contributed by atoms with Crippen LogP contribution in [0.25, 0.3) is 0 Å². The molecule has 3 amide bonds. The lowest BCUT2D eigenvalue weighted by Crippen LogP contribution is -2.33. The van der Waals surface area contributed by atoms with E-state index in [0.29, 0.717) is 25.6 Å². The predicted octanol–water partition coefficient (Wildman–Crippen LogP) is 6.43. The molecule has 220 valence electrons. The highest BCUT2D eigenvalue weighted by Crippen LogP contribution is 2.54. The zero-order chi connectivity index (χ0) is 30.6. The fraction of sp³-hybridized carbons (Fsp3) is 0.200. The number of fused-ring (bicyclic) bond motifs is 2. The van der Waals surface area contributed by atoms with E-state index in [1.807, 2.05) is 19.1 Å². The number of hydrogen-bond acceptors (Lipinski definition) is 6. The van der Waals surface area contributed by atoms with Gasteiger partial charge in [-0.25, -0.2) is 4.90 Å². The van der Waals surface area contributed by atoms with E-state index in [4.69, 9.17) is 0 Å². The molecule has 0 spiro atoms. The van der Waals surface area contributed by atoms with E-state index in [1.54, 1.807) is 36.4 Å². The average molecular weight is 689 g/mol. The molecular formula is C30H21BrF3N3O4S2. The van der Waals surface area contributed by atoms with Crippen molar-refractivity contribution in [3.05, 3.63) is 109 Å². The lowest BCUT2D eigenvalue weighted by Gasteiger charge is -2.30. The zero-order valence-electron chi connectivity index (χ0n) is 22.2. The number of aromatic nitrogens is 1. The second kappa shape index (κ2) is 11.1. The highest BCUT2D eigenvalue weighted by atomic mass is 79.9. The van der Waals surface area contributed by atoms with Crippen LogP contribution in [0.5, 0.6) is 0 Å². The molecule has 3 unspecified atom stereocenters. The quantitative estimate of drug-likeness (QED) is 0.244. The van der Waals surface area contributed by atoms with Crippen molar-refractivity contribution in [1.29, 1.82) is 0 Å². The fourth-order valence-electron chi connectivity index (χ4n) is 5.44. The van der Waals surface area contributed by atoms with Gasteiger partial charge in [-0.15, -0.1) is 0 Å². The number of aryl methyl sites for hydroxylation is 1. The van der Waals surface area contributed by atoms with E-state index >= 15 is 0 Å². The lowest BCUT2D eigenvalue weighted by molar-refractivity contribution is -0.137. The van der Waals surface area contributed by atoms with Gasteiger partial charge in [-0.3, -0.25) is 23.7 Å². The van der Waals surface area contributed by atoms with Gasteiger partial charge in [0.2, 0.25) is 17.7 Å². The number of alkyl halides is 3. The number of imide groups is 1. The molecule has 0 radical (unpaired) electrons. The van der Waals surface area contributed by atoms with Crippen molar-refractivity contribution in [1.82, 2.24) is 4.57 Å². The van der Waals surface area contributed by atoms with Crippen LogP contribution in [0.2, 0.25) is 0 Å². The molecule has 6 rings (SSSR count). The Kier molecular flexibility index (Phi) is 7.59. The largest absolute Gasteiger partial charge is 0.416 e. The second-order valence-electron chi connectivity index (χ2n) is 10.1. The summed E-state index contributed by atoms with van der Waals surface area (Å²) in [6, 6.07) is 18.4. The highest BCUT2D eigenvalue weighted by Gasteiger charge is 2.57. The van der Waals surface area contributed by atoms with Crippen molar-refractivity contribution in [2.45, 2.75) is 35.8 Å². The first-order valence-electron chi connectivity index (χ1n) is 13.0. The third kappa shape index (κ3) is 5.34. The summed E-state index contributed by atoms with van der Waals surface area (Å²) in [4.78, 5) is 55.0. The third-order valence-corrected chi connectivity index (χ3v) is 10.5. The number of para-hydroxylation sites is 1. The van der Waals surface area contributed by atoms with Gasteiger partial charge in [0, 0.05) is 21.0 Å². The number of halogens is 4. The molecule has 2 aliphatic heterocycles. The normalized spacial score (nSPS) is 19.7. The van der Waals surface area contributed by atoms with Crippen LogP contribution in [0, 0.1) is 12.8 Å². The van der Waals surface area contributed by atoms with Gasteiger partial charge in [0.25, 0.3) is 0 Å². The Morgan fingerprint density at radius 2 is 1.72 bits per heavy atom. The van der Waals surface area contributed by atoms with Crippen LogP contribution in [0.3, 0.4) is 0 Å². The van der Waals surface area contributed by atoms with Crippen LogP contribution in [0.1, 0.15) is 27.5 Å². The lowest BCUT2D eigenvalue weighted by atomic mass is 9.83. The SMILES string of the molecule is Cc1ccccc1NC(=O)Cn1c2c(sc1=O)C(c1cccc(Br)c1)C1C(=O)N(c3cccc(C(F)(F)F)c3)C(=O)C1S2. The van der Waals surface area contributed by atoms with E-state index in [9.17, 15) is 32.3 Å². The summed E-state index contributed by atoms with van der Waals surface area (Å²) in [5.74, 6) is -3.51. The molecule has 0 aliphatic carbocycles. The number of hydrogen-bond donors (Lipinski definition) is 1. The molecule has 3 atom stereocenters. The van der Waals surface area contributed by atoms with Crippen molar-refractivity contribution in [2.75, 3.05) is 10.2 Å². The Balaban J connectivity index is 1.42. The Morgan fingerprint density at radius 1 is 0.977 bits per heavy atom. The van der Waals surface area contributed by atoms with E-state index in [2.05, 4.69) is 21.2 Å². The van der Waals surface area contributed by atoms with Gasteiger partial charge in [0.1, 0.15) is 11.8 Å². The van der Waals surface area contributed by atoms with Crippen LogP contribution in [-0.4, -0.2) is 27.5 Å². The molecule has 3 aromatic carbocycles. The van der Waals surface area contributed by atoms with Crippen molar-refractivity contribution in [3.63, 3.8) is 0 Å². The summed E-state index contributed by atoms with van der Waals surface area (Å²) in [5, 5.41) is 2.16. The summed E-state index contributed by atoms with van der Waals surface area (Å²) in [6.07, 6.45) is -4.67. The Bertz CT molecular complexity index is 1850. The summed E-state index contributed by atoms with van der Waals surface area (Å²) in [6.45, 7) is 1.51. The molecular weight excluding hydrogens is 667 g/mol. The van der Waals surface area contributed by atoms with Crippen LogP contribution in [0.4, 0.5) is 24.5 Å². The second-order valence-corrected chi connectivity index (χ2v) is 13.2. The molecule has 7 nitrogen and oxygen atoms in total. The monoisotopic (exact) mass is 687 g/mol. The minimum atomic E-state index is -4.67. The van der Waals surface area contributed by atoms with E-state index < -0.39 is 51.4 Å². The average Bonchev–Trinajstić information content (AvgIpc) is 3.40. The first-order chi connectivity index (χ1) is 20.4. The van der Waals surface area contributed by atoms with E-state index in [-0.39, 0.29) is 12.2 Å². The molecule has 0 saturated carbocycles. The van der Waals surface area contributed by atoms with Crippen molar-refractivity contribution >= 4 is 68.1 Å². The van der Waals surface area contributed by atoms with Crippen LogP contribution < -0.4 is 15.1 Å². The number of nitrogens with one attached hydrogen (secondary N) is 1. The van der Waals surface area contributed by atoms with Gasteiger partial charge >= 0.3 is 11.0 Å². The van der Waals surface area contributed by atoms with Gasteiger partial charge in [-0.05, 0) is 54.4 Å². The number of nitrogens with zero attached hydrogens (tertiary/aromatic N) is 2. The number of thiazole rings is 1. The minimum Gasteiger partial charge on any atom is -0.324 e. The van der Waals surface area contributed by atoms with Gasteiger partial charge < -0.3 is 5.32 Å². The van der Waals surface area contributed by atoms with Gasteiger partial charge in [-0.2, -0.15) is 13.2 Å². The third-order valence-electron chi connectivity index (χ3n) is 7.41. The van der Waals surface area contributed by atoms with Gasteiger partial charge in [0.05, 0.1) is 22.2 Å². The van der Waals surface area contributed by atoms with Gasteiger partial charge in [-0.1, -0.05) is 75.4 Å². The molecule has 1 aromatic heterocycles. The molecule has 1 N–H and O–H groups in total. The number of anilines is 2. The molecule has 4 aromatic rings. The summed E-state index contributed by atoms with van der Waals surface area (Å²) >= 11 is 5.33. The zero-order valence-corrected chi connectivity index (χ0v) is 25.4. The van der Waals surface area contributed by atoms with Gasteiger partial charge in [0.15, 0.2) is 0 Å². The number of rotatable bonds is 5. The Hall–Kier alpha value is -3.68. The number of carbonyl (C=O) groups excluding carboxylic acids is 3. The molecule has 1 saturated heterocycles. The molecule has 13 heteroatoms. The number of amides is 3. The molecule has 43 heavy (non-hydrogen) atoms. The fourth-order valence-corrected chi connectivity index (χ4v) is 8.63. The number of thioether (sulfide) groups is 1. The van der Waals surface area contributed by atoms with E-state index in [0.717, 1.165) is 51.8 Å². The van der Waals surface area contributed by atoms with Crippen LogP contribution >= 0.6 is 39.0 Å². The summed E-state index contributed by atoms with van der Waals surface area (Å²) in [7, 11) is 0. The van der Waals surface area contributed by atoms with Crippen molar-refractivity contribution in [3.8, 4) is 0 Å². The predicted molar refractivity (Wildman–Crippen MR) is 161 cm³/mol. The summed E-state index contributed by atoms with van der Waals surface area (Å²) in [5.41, 5.74) is 0.927. The molecule has 3 heterocycles. The van der Waals surface area contributed by atoms with Crippen LogP contribution in [-0.2, 0) is 27.1 Å². The first-order valence-corrected chi connectivity index (χ1v) is 15.5. The molecule has 0 bridgehead atoms. The van der Waals surface area contributed by atoms with Crippen molar-refractivity contribution < 1.29 is 27.6 Å². The summed E-state index contributed by atoms with van der Waals surface area (Å²) < 4.78 is 42.5. The maximum atomic E-state index is 13.9. The van der Waals surface area contributed by atoms with Crippen molar-refractivity contribution in [2.24, 2.45) is 5.92 Å². The molecule has 2 aliphatic rings. The van der Waals surface area contributed by atoms with Crippen LogP contribution in [0.15, 0.2) is 87.1 Å². The molecule has 1 fully saturated rings. The standard InChI is InChI=1S/C30H21BrF3N3O4S2/c1-15-6-2-3-11-20(15)35-21(38)14-36-28-25(43-29(36)41)22(16-7-4-9-18(31)12-16)23-24(42-28)27(40)37(26(23)39)19-10-5-8-17(13-19)30(32,33)34/h2-13,22-24H,14H2,1H3,(H,35,38).